The summed E-state index contributed by atoms with van der Waals surface area (Å²) in [6.45, 7) is 5.67. The van der Waals surface area contributed by atoms with E-state index in [1.54, 1.807) is 7.11 Å². The van der Waals surface area contributed by atoms with E-state index in [-0.39, 0.29) is 17.7 Å². The molecule has 88 valence electrons. The molecule has 1 unspecified atom stereocenters. The first-order valence-corrected chi connectivity index (χ1v) is 5.67. The second-order valence-corrected chi connectivity index (χ2v) is 5.24. The zero-order chi connectivity index (χ0) is 11.5. The fourth-order valence-electron chi connectivity index (χ4n) is 1.67. The van der Waals surface area contributed by atoms with Gasteiger partial charge in [-0.3, -0.25) is 4.79 Å². The van der Waals surface area contributed by atoms with Crippen LogP contribution in [0.5, 0.6) is 0 Å². The molecule has 0 amide bonds. The van der Waals surface area contributed by atoms with E-state index in [9.17, 15) is 4.79 Å². The van der Waals surface area contributed by atoms with Crippen molar-refractivity contribution in [3.63, 3.8) is 0 Å². The molecule has 0 saturated heterocycles. The van der Waals surface area contributed by atoms with Crippen molar-refractivity contribution < 1.29 is 14.3 Å². The topological polar surface area (TPSA) is 35.5 Å². The maximum Gasteiger partial charge on any atom is 0.306 e. The molecule has 15 heavy (non-hydrogen) atoms. The van der Waals surface area contributed by atoms with Crippen LogP contribution in [0.2, 0.25) is 0 Å². The summed E-state index contributed by atoms with van der Waals surface area (Å²) in [7, 11) is 1.72. The number of rotatable bonds is 5. The van der Waals surface area contributed by atoms with Crippen LogP contribution in [-0.2, 0) is 14.3 Å². The van der Waals surface area contributed by atoms with Gasteiger partial charge in [-0.25, -0.2) is 0 Å². The number of esters is 1. The number of carbonyl (C=O) groups excluding carboxylic acids is 1. The summed E-state index contributed by atoms with van der Waals surface area (Å²) in [6, 6.07) is 0. The van der Waals surface area contributed by atoms with Crippen molar-refractivity contribution in [1.29, 1.82) is 0 Å². The molecule has 0 N–H and O–H groups in total. The van der Waals surface area contributed by atoms with Gasteiger partial charge in [0.15, 0.2) is 0 Å². The van der Waals surface area contributed by atoms with Crippen LogP contribution < -0.4 is 0 Å². The number of carbonyl (C=O) groups is 1. The molecule has 3 heteroatoms. The highest BCUT2D eigenvalue weighted by Crippen LogP contribution is 2.36. The molecule has 0 aromatic heterocycles. The van der Waals surface area contributed by atoms with E-state index >= 15 is 0 Å². The van der Waals surface area contributed by atoms with Gasteiger partial charge in [-0.1, -0.05) is 0 Å². The monoisotopic (exact) mass is 214 g/mol. The standard InChI is InChI=1S/C12H22O3/c1-12(2,3)15-11(13)8-7-10(14-4)9-5-6-9/h9-10H,5-8H2,1-4H3. The first kappa shape index (κ1) is 12.5. The molecule has 3 nitrogen and oxygen atoms in total. The van der Waals surface area contributed by atoms with Crippen LogP contribution in [0, 0.1) is 5.92 Å². The van der Waals surface area contributed by atoms with Crippen LogP contribution in [0.15, 0.2) is 0 Å². The Bertz CT molecular complexity index is 213. The number of hydrogen-bond acceptors (Lipinski definition) is 3. The fraction of sp³-hybridized carbons (Fsp3) is 0.917. The van der Waals surface area contributed by atoms with E-state index in [1.807, 2.05) is 20.8 Å². The van der Waals surface area contributed by atoms with Gasteiger partial charge in [-0.15, -0.1) is 0 Å². The first-order chi connectivity index (χ1) is 6.92. The van der Waals surface area contributed by atoms with E-state index in [1.165, 1.54) is 12.8 Å². The molecule has 1 fully saturated rings. The number of ether oxygens (including phenoxy) is 2. The highest BCUT2D eigenvalue weighted by Gasteiger charge is 2.31. The molecule has 1 atom stereocenters. The molecule has 1 saturated carbocycles. The summed E-state index contributed by atoms with van der Waals surface area (Å²) < 4.78 is 10.6. The van der Waals surface area contributed by atoms with Crippen molar-refractivity contribution in [3.05, 3.63) is 0 Å². The fourth-order valence-corrected chi connectivity index (χ4v) is 1.67. The van der Waals surface area contributed by atoms with Gasteiger partial charge in [-0.05, 0) is 46.0 Å². The van der Waals surface area contributed by atoms with Crippen molar-refractivity contribution >= 4 is 5.97 Å². The maximum absolute atomic E-state index is 11.4. The Morgan fingerprint density at radius 2 is 2.00 bits per heavy atom. The number of hydrogen-bond donors (Lipinski definition) is 0. The van der Waals surface area contributed by atoms with Crippen LogP contribution in [-0.4, -0.2) is 24.8 Å². The molecule has 1 aliphatic carbocycles. The van der Waals surface area contributed by atoms with Crippen LogP contribution in [0.3, 0.4) is 0 Å². The molecule has 0 spiro atoms. The van der Waals surface area contributed by atoms with Crippen molar-refractivity contribution in [1.82, 2.24) is 0 Å². The lowest BCUT2D eigenvalue weighted by atomic mass is 10.1. The van der Waals surface area contributed by atoms with Crippen LogP contribution >= 0.6 is 0 Å². The quantitative estimate of drug-likeness (QED) is 0.660. The summed E-state index contributed by atoms with van der Waals surface area (Å²) in [4.78, 5) is 11.4. The average molecular weight is 214 g/mol. The minimum absolute atomic E-state index is 0.120. The summed E-state index contributed by atoms with van der Waals surface area (Å²) in [5.74, 6) is 0.558. The van der Waals surface area contributed by atoms with Crippen LogP contribution in [0.1, 0.15) is 46.5 Å². The smallest absolute Gasteiger partial charge is 0.306 e. The highest BCUT2D eigenvalue weighted by molar-refractivity contribution is 5.69. The minimum Gasteiger partial charge on any atom is -0.460 e. The third kappa shape index (κ3) is 5.17. The Labute approximate surface area is 92.1 Å². The van der Waals surface area contributed by atoms with Crippen molar-refractivity contribution in [3.8, 4) is 0 Å². The van der Waals surface area contributed by atoms with Gasteiger partial charge in [0.25, 0.3) is 0 Å². The van der Waals surface area contributed by atoms with Crippen LogP contribution in [0.25, 0.3) is 0 Å². The maximum atomic E-state index is 11.4. The summed E-state index contributed by atoms with van der Waals surface area (Å²) in [6.07, 6.45) is 3.99. The van der Waals surface area contributed by atoms with Gasteiger partial charge in [0.2, 0.25) is 0 Å². The van der Waals surface area contributed by atoms with Crippen LogP contribution in [0.4, 0.5) is 0 Å². The lowest BCUT2D eigenvalue weighted by Gasteiger charge is -2.20. The second kappa shape index (κ2) is 4.97. The van der Waals surface area contributed by atoms with E-state index in [0.717, 1.165) is 6.42 Å². The average Bonchev–Trinajstić information content (AvgIpc) is 2.85. The Hall–Kier alpha value is -0.570. The highest BCUT2D eigenvalue weighted by atomic mass is 16.6. The van der Waals surface area contributed by atoms with Gasteiger partial charge in [0.05, 0.1) is 6.10 Å². The predicted molar refractivity (Wildman–Crippen MR) is 58.6 cm³/mol. The van der Waals surface area contributed by atoms with E-state index in [4.69, 9.17) is 9.47 Å². The molecular formula is C12H22O3. The molecule has 0 aromatic carbocycles. The largest absolute Gasteiger partial charge is 0.460 e. The molecule has 0 aromatic rings. The van der Waals surface area contributed by atoms with Crippen molar-refractivity contribution in [2.75, 3.05) is 7.11 Å². The minimum atomic E-state index is -0.376. The van der Waals surface area contributed by atoms with E-state index < -0.39 is 0 Å². The van der Waals surface area contributed by atoms with Gasteiger partial charge >= 0.3 is 5.97 Å². The van der Waals surface area contributed by atoms with E-state index in [2.05, 4.69) is 0 Å². The van der Waals surface area contributed by atoms with Gasteiger partial charge in [-0.2, -0.15) is 0 Å². The molecule has 0 aliphatic heterocycles. The Morgan fingerprint density at radius 1 is 1.40 bits per heavy atom. The van der Waals surface area contributed by atoms with Gasteiger partial charge < -0.3 is 9.47 Å². The SMILES string of the molecule is COC(CCC(=O)OC(C)(C)C)C1CC1. The molecule has 0 radical (unpaired) electrons. The third-order valence-corrected chi connectivity index (χ3v) is 2.50. The second-order valence-electron chi connectivity index (χ2n) is 5.24. The summed E-state index contributed by atoms with van der Waals surface area (Å²) in [5, 5.41) is 0. The van der Waals surface area contributed by atoms with E-state index in [0.29, 0.717) is 12.3 Å². The Morgan fingerprint density at radius 3 is 2.40 bits per heavy atom. The molecule has 0 bridgehead atoms. The van der Waals surface area contributed by atoms with Crippen molar-refractivity contribution in [2.24, 2.45) is 5.92 Å². The third-order valence-electron chi connectivity index (χ3n) is 2.50. The van der Waals surface area contributed by atoms with Gasteiger partial charge in [0.1, 0.15) is 5.60 Å². The lowest BCUT2D eigenvalue weighted by Crippen LogP contribution is -2.25. The molecular weight excluding hydrogens is 192 g/mol. The van der Waals surface area contributed by atoms with Crippen molar-refractivity contribution in [2.45, 2.75) is 58.2 Å². The molecule has 1 aliphatic rings. The normalized spacial score (nSPS) is 18.7. The molecule has 0 heterocycles. The van der Waals surface area contributed by atoms with Gasteiger partial charge in [0, 0.05) is 13.5 Å². The predicted octanol–water partition coefficient (Wildman–Crippen LogP) is 2.53. The Kier molecular flexibility index (Phi) is 4.14. The molecule has 1 rings (SSSR count). The summed E-state index contributed by atoms with van der Waals surface area (Å²) >= 11 is 0. The Balaban J connectivity index is 2.20. The summed E-state index contributed by atoms with van der Waals surface area (Å²) in [5.41, 5.74) is -0.376. The first-order valence-electron chi connectivity index (χ1n) is 5.67. The number of methoxy groups -OCH3 is 1. The zero-order valence-electron chi connectivity index (χ0n) is 10.2. The zero-order valence-corrected chi connectivity index (χ0v) is 10.2. The lowest BCUT2D eigenvalue weighted by molar-refractivity contribution is -0.155.